The van der Waals surface area contributed by atoms with Crippen molar-refractivity contribution in [2.24, 2.45) is 0 Å². The number of amides is 1. The van der Waals surface area contributed by atoms with Crippen molar-refractivity contribution in [3.8, 4) is 23.1 Å². The Kier molecular flexibility index (Phi) is 6.41. The van der Waals surface area contributed by atoms with Crippen LogP contribution in [0.25, 0.3) is 28.1 Å². The lowest BCUT2D eigenvalue weighted by atomic mass is 10.0. The summed E-state index contributed by atoms with van der Waals surface area (Å²) in [6.07, 6.45) is 5.87. The number of hydrogen-bond donors (Lipinski definition) is 2. The molecule has 5 rings (SSSR count). The van der Waals surface area contributed by atoms with Gasteiger partial charge in [-0.1, -0.05) is 5.21 Å². The molecular weight excluding hydrogens is 476 g/mol. The number of fused-ring (bicyclic) bond motifs is 1. The fourth-order valence-electron chi connectivity index (χ4n) is 4.43. The van der Waals surface area contributed by atoms with Gasteiger partial charge in [0, 0.05) is 47.7 Å². The third kappa shape index (κ3) is 4.66. The summed E-state index contributed by atoms with van der Waals surface area (Å²) in [6, 6.07) is 5.48. The van der Waals surface area contributed by atoms with E-state index >= 15 is 0 Å². The van der Waals surface area contributed by atoms with Crippen molar-refractivity contribution in [1.29, 1.82) is 5.26 Å². The van der Waals surface area contributed by atoms with Gasteiger partial charge in [0.2, 0.25) is 0 Å². The van der Waals surface area contributed by atoms with E-state index in [0.29, 0.717) is 35.7 Å². The third-order valence-electron chi connectivity index (χ3n) is 6.19. The maximum Gasteiger partial charge on any atom is 0.409 e. The summed E-state index contributed by atoms with van der Waals surface area (Å²) in [6.45, 7) is 4.66. The first-order chi connectivity index (χ1) is 17.9. The number of carbonyl (C=O) groups excluding carboxylic acids is 1. The number of aliphatic hydroxyl groups excluding tert-OH is 1. The van der Waals surface area contributed by atoms with Gasteiger partial charge in [-0.05, 0) is 26.3 Å². The topological polar surface area (TPSA) is 160 Å². The maximum atomic E-state index is 11.8. The second kappa shape index (κ2) is 9.82. The van der Waals surface area contributed by atoms with Crippen LogP contribution < -0.4 is 5.32 Å². The minimum atomic E-state index is -0.807. The first-order valence-corrected chi connectivity index (χ1v) is 11.8. The Morgan fingerprint density at radius 3 is 2.84 bits per heavy atom. The molecule has 13 heteroatoms. The van der Waals surface area contributed by atoms with Gasteiger partial charge in [-0.2, -0.15) is 15.0 Å². The normalized spacial score (nSPS) is 17.7. The Bertz CT molecular complexity index is 1490. The van der Waals surface area contributed by atoms with Crippen molar-refractivity contribution < 1.29 is 14.6 Å². The highest BCUT2D eigenvalue weighted by Crippen LogP contribution is 2.30. The Hall–Kier alpha value is -4.57. The van der Waals surface area contributed by atoms with Crippen LogP contribution in [0.15, 0.2) is 36.9 Å². The van der Waals surface area contributed by atoms with Crippen molar-refractivity contribution in [3.05, 3.63) is 42.5 Å². The number of nitriles is 1. The molecule has 1 aliphatic heterocycles. The second-order valence-corrected chi connectivity index (χ2v) is 9.12. The van der Waals surface area contributed by atoms with E-state index in [1.165, 1.54) is 18.2 Å². The van der Waals surface area contributed by atoms with Gasteiger partial charge in [0.1, 0.15) is 11.8 Å². The standard InChI is InChI=1S/C24H26N10O3/c1-14(2)29-18-7-22(34-23-16(10-28-34)6-15(8-25)9-27-23)26-11-17(18)19-12-33(31-30-19)20-4-5-32(13-21(20)35)24(36)37-3/h6-7,9-12,14,20-21,35H,4-5,13H2,1-3H3,(H,26,29)/t20?,21-/m1/s1. The maximum absolute atomic E-state index is 11.8. The van der Waals surface area contributed by atoms with E-state index in [1.54, 1.807) is 34.0 Å². The highest BCUT2D eigenvalue weighted by atomic mass is 16.5. The lowest BCUT2D eigenvalue weighted by molar-refractivity contribution is 0.0206. The molecule has 4 aromatic heterocycles. The van der Waals surface area contributed by atoms with Crippen LogP contribution in [-0.2, 0) is 4.74 Å². The predicted molar refractivity (Wildman–Crippen MR) is 133 cm³/mol. The fourth-order valence-corrected chi connectivity index (χ4v) is 4.43. The quantitative estimate of drug-likeness (QED) is 0.414. The first-order valence-electron chi connectivity index (χ1n) is 11.8. The molecule has 0 aliphatic carbocycles. The van der Waals surface area contributed by atoms with E-state index < -0.39 is 12.2 Å². The summed E-state index contributed by atoms with van der Waals surface area (Å²) in [5.41, 5.74) is 3.16. The van der Waals surface area contributed by atoms with Crippen molar-refractivity contribution in [2.45, 2.75) is 38.5 Å². The lowest BCUT2D eigenvalue weighted by Crippen LogP contribution is -2.47. The molecule has 0 radical (unpaired) electrons. The summed E-state index contributed by atoms with van der Waals surface area (Å²) >= 11 is 0. The molecule has 4 aromatic rings. The molecule has 190 valence electrons. The molecule has 0 saturated carbocycles. The molecule has 1 fully saturated rings. The largest absolute Gasteiger partial charge is 0.453 e. The smallest absolute Gasteiger partial charge is 0.409 e. The Balaban J connectivity index is 1.45. The third-order valence-corrected chi connectivity index (χ3v) is 6.19. The van der Waals surface area contributed by atoms with E-state index in [1.807, 2.05) is 19.9 Å². The minimum absolute atomic E-state index is 0.124. The summed E-state index contributed by atoms with van der Waals surface area (Å²) < 4.78 is 8.02. The molecule has 2 N–H and O–H groups in total. The second-order valence-electron chi connectivity index (χ2n) is 9.12. The minimum Gasteiger partial charge on any atom is -0.453 e. The van der Waals surface area contributed by atoms with Gasteiger partial charge < -0.3 is 20.1 Å². The van der Waals surface area contributed by atoms with Crippen molar-refractivity contribution in [1.82, 2.24) is 39.6 Å². The molecule has 13 nitrogen and oxygen atoms in total. The number of carbonyl (C=O) groups is 1. The highest BCUT2D eigenvalue weighted by molar-refractivity contribution is 5.79. The van der Waals surface area contributed by atoms with Crippen LogP contribution in [-0.4, -0.2) is 83.2 Å². The number of hydrogen-bond acceptors (Lipinski definition) is 10. The lowest BCUT2D eigenvalue weighted by Gasteiger charge is -2.34. The van der Waals surface area contributed by atoms with Crippen LogP contribution in [0.1, 0.15) is 31.9 Å². The van der Waals surface area contributed by atoms with Crippen LogP contribution in [0.3, 0.4) is 0 Å². The van der Waals surface area contributed by atoms with Gasteiger partial charge in [-0.25, -0.2) is 19.4 Å². The number of β-amino-alcohol motifs (C(OH)–C–C–N with tert-alkyl or cyclic N) is 1. The number of aromatic nitrogens is 7. The molecule has 1 aliphatic rings. The van der Waals surface area contributed by atoms with E-state index in [2.05, 4.69) is 36.8 Å². The molecule has 0 bridgehead atoms. The molecule has 1 saturated heterocycles. The van der Waals surface area contributed by atoms with Gasteiger partial charge >= 0.3 is 6.09 Å². The fraction of sp³-hybridized carbons (Fsp3) is 0.375. The van der Waals surface area contributed by atoms with Crippen LogP contribution in [0.5, 0.6) is 0 Å². The van der Waals surface area contributed by atoms with Gasteiger partial charge in [0.05, 0.1) is 43.8 Å². The number of methoxy groups -OCH3 is 1. The molecule has 2 atom stereocenters. The number of piperidine rings is 1. The molecule has 0 spiro atoms. The highest BCUT2D eigenvalue weighted by Gasteiger charge is 2.32. The summed E-state index contributed by atoms with van der Waals surface area (Å²) in [5, 5.41) is 37.0. The Labute approximate surface area is 212 Å². The van der Waals surface area contributed by atoms with E-state index in [0.717, 1.165) is 16.6 Å². The van der Waals surface area contributed by atoms with E-state index in [4.69, 9.17) is 10.00 Å². The Morgan fingerprint density at radius 1 is 1.27 bits per heavy atom. The van der Waals surface area contributed by atoms with E-state index in [-0.39, 0.29) is 18.6 Å². The summed E-state index contributed by atoms with van der Waals surface area (Å²) in [4.78, 5) is 22.3. The number of anilines is 1. The molecule has 0 aromatic carbocycles. The zero-order valence-corrected chi connectivity index (χ0v) is 20.6. The summed E-state index contributed by atoms with van der Waals surface area (Å²) in [5.74, 6) is 0.553. The number of pyridine rings is 2. The average Bonchev–Trinajstić information content (AvgIpc) is 3.55. The molecule has 1 amide bonds. The molecule has 1 unspecified atom stereocenters. The first kappa shape index (κ1) is 24.1. The van der Waals surface area contributed by atoms with Gasteiger partial charge in [-0.3, -0.25) is 0 Å². The van der Waals surface area contributed by atoms with Gasteiger partial charge in [0.15, 0.2) is 11.5 Å². The predicted octanol–water partition coefficient (Wildman–Crippen LogP) is 2.14. The number of rotatable bonds is 5. The average molecular weight is 503 g/mol. The summed E-state index contributed by atoms with van der Waals surface area (Å²) in [7, 11) is 1.32. The van der Waals surface area contributed by atoms with Crippen LogP contribution in [0.4, 0.5) is 10.5 Å². The van der Waals surface area contributed by atoms with Gasteiger partial charge in [0.25, 0.3) is 0 Å². The van der Waals surface area contributed by atoms with Crippen molar-refractivity contribution in [3.63, 3.8) is 0 Å². The zero-order valence-electron chi connectivity index (χ0n) is 20.6. The zero-order chi connectivity index (χ0) is 26.1. The number of ether oxygens (including phenoxy) is 1. The number of nitrogens with one attached hydrogen (secondary N) is 1. The van der Waals surface area contributed by atoms with Crippen LogP contribution in [0, 0.1) is 11.3 Å². The Morgan fingerprint density at radius 2 is 2.11 bits per heavy atom. The van der Waals surface area contributed by atoms with Crippen molar-refractivity contribution >= 4 is 22.8 Å². The molecule has 37 heavy (non-hydrogen) atoms. The van der Waals surface area contributed by atoms with Gasteiger partial charge in [-0.15, -0.1) is 5.10 Å². The number of aliphatic hydroxyl groups is 1. The molecule has 5 heterocycles. The number of nitrogens with zero attached hydrogens (tertiary/aromatic N) is 9. The van der Waals surface area contributed by atoms with Crippen molar-refractivity contribution in [2.75, 3.05) is 25.5 Å². The SMILES string of the molecule is COC(=O)N1CCC(n2cc(-c3cnc(-n4ncc5cc(C#N)cnc54)cc3NC(C)C)nn2)[C@H](O)C1. The number of likely N-dealkylation sites (tertiary alicyclic amines) is 1. The molecular formula is C24H26N10O3. The monoisotopic (exact) mass is 502 g/mol. The van der Waals surface area contributed by atoms with Crippen LogP contribution in [0.2, 0.25) is 0 Å². The van der Waals surface area contributed by atoms with E-state index in [9.17, 15) is 9.90 Å². The van der Waals surface area contributed by atoms with Crippen LogP contribution >= 0.6 is 0 Å².